The Bertz CT molecular complexity index is 1450. The quantitative estimate of drug-likeness (QED) is 0.0203. The molecule has 2 unspecified atom stereocenters. The smallest absolute Gasteiger partial charge is 0.306 e. The van der Waals surface area contributed by atoms with Gasteiger partial charge in [-0.1, -0.05) is 144 Å². The molecule has 6 atom stereocenters. The predicted molar refractivity (Wildman–Crippen MR) is 242 cm³/mol. The van der Waals surface area contributed by atoms with Gasteiger partial charge in [0.25, 0.3) is 10.1 Å². The molecule has 0 amide bonds. The van der Waals surface area contributed by atoms with Crippen LogP contribution in [0, 0.1) is 0 Å². The van der Waals surface area contributed by atoms with E-state index < -0.39 is 71.2 Å². The molecule has 61 heavy (non-hydrogen) atoms. The van der Waals surface area contributed by atoms with Crippen molar-refractivity contribution in [1.82, 2.24) is 0 Å². The highest BCUT2D eigenvalue weighted by Gasteiger charge is 2.46. The topological polar surface area (TPSA) is 186 Å². The van der Waals surface area contributed by atoms with Crippen molar-refractivity contribution in [2.24, 2.45) is 0 Å². The van der Waals surface area contributed by atoms with E-state index in [2.05, 4.69) is 80.7 Å². The minimum absolute atomic E-state index is 0.0331. The van der Waals surface area contributed by atoms with E-state index in [0.29, 0.717) is 19.3 Å². The second-order valence-corrected chi connectivity index (χ2v) is 16.8. The molecule has 12 nitrogen and oxygen atoms in total. The Morgan fingerprint density at radius 3 is 1.61 bits per heavy atom. The zero-order valence-electron chi connectivity index (χ0n) is 37.0. The molecular formula is C48H78O12S. The van der Waals surface area contributed by atoms with Crippen LogP contribution in [0.5, 0.6) is 0 Å². The molecule has 1 heterocycles. The van der Waals surface area contributed by atoms with E-state index in [0.717, 1.165) is 70.6 Å². The fourth-order valence-electron chi connectivity index (χ4n) is 6.22. The van der Waals surface area contributed by atoms with Crippen LogP contribution in [0.1, 0.15) is 149 Å². The van der Waals surface area contributed by atoms with Gasteiger partial charge in [0.1, 0.15) is 36.8 Å². The highest BCUT2D eigenvalue weighted by Crippen LogP contribution is 2.24. The van der Waals surface area contributed by atoms with Crippen LogP contribution in [0.15, 0.2) is 85.1 Å². The summed E-state index contributed by atoms with van der Waals surface area (Å²) >= 11 is 0. The van der Waals surface area contributed by atoms with Crippen molar-refractivity contribution in [3.63, 3.8) is 0 Å². The van der Waals surface area contributed by atoms with E-state index in [1.807, 2.05) is 18.2 Å². The minimum Gasteiger partial charge on any atom is -0.462 e. The van der Waals surface area contributed by atoms with Crippen LogP contribution in [-0.4, -0.2) is 96.0 Å². The molecule has 348 valence electrons. The molecular weight excluding hydrogens is 801 g/mol. The molecule has 13 heteroatoms. The lowest BCUT2D eigenvalue weighted by Gasteiger charge is -2.40. The van der Waals surface area contributed by atoms with Crippen LogP contribution in [0.4, 0.5) is 0 Å². The molecule has 0 aromatic carbocycles. The van der Waals surface area contributed by atoms with Crippen LogP contribution in [0.25, 0.3) is 0 Å². The van der Waals surface area contributed by atoms with Gasteiger partial charge in [-0.2, -0.15) is 8.42 Å². The maximum Gasteiger partial charge on any atom is 0.306 e. The highest BCUT2D eigenvalue weighted by atomic mass is 32.2. The van der Waals surface area contributed by atoms with Crippen LogP contribution in [0.2, 0.25) is 0 Å². The monoisotopic (exact) mass is 879 g/mol. The number of hydrogen-bond acceptors (Lipinski definition) is 11. The Morgan fingerprint density at radius 2 is 1.07 bits per heavy atom. The number of hydrogen-bond donors (Lipinski definition) is 4. The molecule has 0 aliphatic carbocycles. The third-order valence-electron chi connectivity index (χ3n) is 9.72. The number of aliphatic hydroxyl groups excluding tert-OH is 3. The maximum atomic E-state index is 12.8. The fourth-order valence-corrected chi connectivity index (χ4v) is 6.92. The average molecular weight is 879 g/mol. The van der Waals surface area contributed by atoms with Crippen molar-refractivity contribution < 1.29 is 56.8 Å². The first-order chi connectivity index (χ1) is 29.5. The molecule has 1 rings (SSSR count). The molecule has 0 bridgehead atoms. The zero-order valence-corrected chi connectivity index (χ0v) is 37.8. The summed E-state index contributed by atoms with van der Waals surface area (Å²) in [5.74, 6) is -2.11. The molecule has 0 spiro atoms. The molecule has 0 radical (unpaired) electrons. The van der Waals surface area contributed by atoms with E-state index in [1.165, 1.54) is 32.1 Å². The first kappa shape index (κ1) is 55.8. The van der Waals surface area contributed by atoms with Crippen molar-refractivity contribution in [3.05, 3.63) is 85.1 Å². The number of unbranched alkanes of at least 4 members (excludes halogenated alkanes) is 10. The summed E-state index contributed by atoms with van der Waals surface area (Å²) in [6.45, 7) is 3.55. The number of ether oxygens (including phenoxy) is 4. The Kier molecular flexibility index (Phi) is 34.2. The second-order valence-electron chi connectivity index (χ2n) is 15.3. The second kappa shape index (κ2) is 37.4. The number of carbonyl (C=O) groups excluding carboxylic acids is 2. The van der Waals surface area contributed by atoms with Crippen molar-refractivity contribution in [1.29, 1.82) is 0 Å². The Balaban J connectivity index is 2.52. The van der Waals surface area contributed by atoms with Gasteiger partial charge >= 0.3 is 11.9 Å². The molecule has 0 aromatic rings. The summed E-state index contributed by atoms with van der Waals surface area (Å²) in [5, 5.41) is 30.9. The van der Waals surface area contributed by atoms with E-state index in [-0.39, 0.29) is 19.4 Å². The van der Waals surface area contributed by atoms with Gasteiger partial charge in [0, 0.05) is 12.8 Å². The maximum absolute atomic E-state index is 12.8. The average Bonchev–Trinajstić information content (AvgIpc) is 3.22. The molecule has 1 fully saturated rings. The fraction of sp³-hybridized carbons (Fsp3) is 0.667. The van der Waals surface area contributed by atoms with Gasteiger partial charge in [-0.25, -0.2) is 0 Å². The van der Waals surface area contributed by atoms with Crippen LogP contribution in [0.3, 0.4) is 0 Å². The Hall–Kier alpha value is -3.17. The van der Waals surface area contributed by atoms with E-state index >= 15 is 0 Å². The van der Waals surface area contributed by atoms with E-state index in [1.54, 1.807) is 0 Å². The van der Waals surface area contributed by atoms with Crippen molar-refractivity contribution in [2.75, 3.05) is 19.0 Å². The number of carbonyl (C=O) groups is 2. The van der Waals surface area contributed by atoms with Gasteiger partial charge in [-0.05, 0) is 77.0 Å². The van der Waals surface area contributed by atoms with Crippen LogP contribution in [-0.2, 0) is 38.7 Å². The minimum atomic E-state index is -4.62. The Morgan fingerprint density at radius 1 is 0.574 bits per heavy atom. The van der Waals surface area contributed by atoms with Gasteiger partial charge in [0.05, 0.1) is 6.61 Å². The summed E-state index contributed by atoms with van der Waals surface area (Å²) in [6.07, 6.45) is 39.2. The van der Waals surface area contributed by atoms with Crippen molar-refractivity contribution >= 4 is 22.1 Å². The third-order valence-corrected chi connectivity index (χ3v) is 10.5. The van der Waals surface area contributed by atoms with Gasteiger partial charge in [0.15, 0.2) is 12.4 Å². The summed E-state index contributed by atoms with van der Waals surface area (Å²) in [5.41, 5.74) is 0. The number of allylic oxidation sites excluding steroid dienone is 14. The lowest BCUT2D eigenvalue weighted by Crippen LogP contribution is -2.60. The number of esters is 2. The Labute approximate surface area is 367 Å². The van der Waals surface area contributed by atoms with E-state index in [9.17, 15) is 37.9 Å². The zero-order chi connectivity index (χ0) is 44.8. The van der Waals surface area contributed by atoms with Gasteiger partial charge in [0.2, 0.25) is 0 Å². The molecule has 1 aliphatic rings. The van der Waals surface area contributed by atoms with E-state index in [4.69, 9.17) is 18.9 Å². The van der Waals surface area contributed by atoms with Gasteiger partial charge in [-0.3, -0.25) is 14.1 Å². The normalized spacial score (nSPS) is 20.8. The SMILES string of the molecule is CC/C=C/C/C=C/C/C=C/C/C=C/C/C=C/C/C=C/CCC(=O)O[C@H](COC(=O)CCCCCCC/C=C/CCCCCCC)CO[C@H]1O[C@H](CS(=O)(=O)O)[C@@H](O)C(O)C1O. The largest absolute Gasteiger partial charge is 0.462 e. The van der Waals surface area contributed by atoms with Crippen molar-refractivity contribution in [2.45, 2.75) is 185 Å². The summed E-state index contributed by atoms with van der Waals surface area (Å²) < 4.78 is 54.0. The first-order valence-corrected chi connectivity index (χ1v) is 24.3. The molecule has 1 saturated heterocycles. The molecule has 0 saturated carbocycles. The van der Waals surface area contributed by atoms with Crippen molar-refractivity contribution in [3.8, 4) is 0 Å². The predicted octanol–water partition coefficient (Wildman–Crippen LogP) is 9.28. The summed E-state index contributed by atoms with van der Waals surface area (Å²) in [6, 6.07) is 0. The highest BCUT2D eigenvalue weighted by molar-refractivity contribution is 7.85. The standard InChI is InChI=1S/C48H78O12S/c1-3-5-7-9-11-13-15-17-19-20-21-22-23-25-27-29-31-33-35-37-44(50)59-41(39-58-48-47(53)46(52)45(51)42(60-48)40-61(54,55)56)38-57-43(49)36-34-32-30-28-26-24-18-16-14-12-10-8-6-4-2/h5,7,11,13,16-19,21-22,25,27,31,33,41-42,45-48,51-53H,3-4,6,8-10,12,14-15,20,23-24,26,28-30,32,34-40H2,1-2H3,(H,54,55,56)/b7-5+,13-11+,18-16+,19-17+,22-21+,27-25+,33-31+/t41-,42-,45-,46?,47?,48+/m1/s1. The summed E-state index contributed by atoms with van der Waals surface area (Å²) in [4.78, 5) is 25.4. The first-order valence-electron chi connectivity index (χ1n) is 22.6. The molecule has 1 aliphatic heterocycles. The molecule has 4 N–H and O–H groups in total. The summed E-state index contributed by atoms with van der Waals surface area (Å²) in [7, 11) is -4.62. The van der Waals surface area contributed by atoms with Crippen LogP contribution >= 0.6 is 0 Å². The van der Waals surface area contributed by atoms with Gasteiger partial charge in [-0.15, -0.1) is 0 Å². The number of rotatable bonds is 36. The third kappa shape index (κ3) is 32.2. The lowest BCUT2D eigenvalue weighted by molar-refractivity contribution is -0.297. The number of aliphatic hydroxyl groups is 3. The van der Waals surface area contributed by atoms with Gasteiger partial charge < -0.3 is 34.3 Å². The van der Waals surface area contributed by atoms with Crippen LogP contribution < -0.4 is 0 Å². The lowest BCUT2D eigenvalue weighted by atomic mass is 10.00. The molecule has 0 aromatic heterocycles.